The lowest BCUT2D eigenvalue weighted by atomic mass is 10.3. The fourth-order valence-electron chi connectivity index (χ4n) is 1.24. The molecule has 2 rings (SSSR count). The van der Waals surface area contributed by atoms with Gasteiger partial charge in [0.05, 0.1) is 23.1 Å². The normalized spacial score (nSPS) is 10.3. The van der Waals surface area contributed by atoms with Crippen molar-refractivity contribution in [3.63, 3.8) is 0 Å². The Kier molecular flexibility index (Phi) is 2.82. The van der Waals surface area contributed by atoms with Crippen LogP contribution in [0.3, 0.4) is 0 Å². The molecule has 7 heteroatoms. The van der Waals surface area contributed by atoms with Crippen LogP contribution in [-0.4, -0.2) is 19.7 Å². The van der Waals surface area contributed by atoms with Crippen LogP contribution < -0.4 is 0 Å². The first kappa shape index (κ1) is 10.6. The van der Waals surface area contributed by atoms with Crippen LogP contribution in [0.15, 0.2) is 30.5 Å². The zero-order chi connectivity index (χ0) is 11.5. The molecule has 0 aliphatic carbocycles. The minimum atomic E-state index is -0.540. The molecule has 0 fully saturated rings. The Morgan fingerprint density at radius 1 is 1.44 bits per heavy atom. The van der Waals surface area contributed by atoms with E-state index in [0.717, 1.165) is 0 Å². The van der Waals surface area contributed by atoms with Crippen molar-refractivity contribution in [1.29, 1.82) is 0 Å². The van der Waals surface area contributed by atoms with Gasteiger partial charge in [-0.15, -0.1) is 0 Å². The summed E-state index contributed by atoms with van der Waals surface area (Å²) >= 11 is 5.72. The van der Waals surface area contributed by atoms with Gasteiger partial charge in [-0.2, -0.15) is 4.68 Å². The first-order valence-corrected chi connectivity index (χ1v) is 4.82. The molecule has 0 unspecified atom stereocenters. The number of nitrogens with zero attached hydrogens (tertiary/aromatic N) is 4. The second-order valence-electron chi connectivity index (χ2n) is 3.08. The molecular formula is C9H7ClN4O2. The van der Waals surface area contributed by atoms with Gasteiger partial charge in [0.15, 0.2) is 0 Å². The molecule has 0 saturated heterocycles. The van der Waals surface area contributed by atoms with Gasteiger partial charge < -0.3 is 10.1 Å². The lowest BCUT2D eigenvalue weighted by Gasteiger charge is -1.97. The summed E-state index contributed by atoms with van der Waals surface area (Å²) in [4.78, 5) is 13.9. The standard InChI is InChI=1S/C9H7ClN4O2/c10-8-3-1-2-7(11-8)6-13-5-4-9(12-13)14(15)16/h1-5H,6H2. The van der Waals surface area contributed by atoms with Crippen LogP contribution in [0.2, 0.25) is 5.15 Å². The smallest absolute Gasteiger partial charge is 0.358 e. The minimum absolute atomic E-state index is 0.179. The molecule has 0 N–H and O–H groups in total. The molecule has 0 amide bonds. The van der Waals surface area contributed by atoms with Gasteiger partial charge >= 0.3 is 5.82 Å². The molecule has 82 valence electrons. The summed E-state index contributed by atoms with van der Waals surface area (Å²) in [5, 5.41) is 14.6. The largest absolute Gasteiger partial charge is 0.389 e. The Labute approximate surface area is 95.6 Å². The first-order valence-electron chi connectivity index (χ1n) is 4.44. The summed E-state index contributed by atoms with van der Waals surface area (Å²) in [5.74, 6) is -0.179. The van der Waals surface area contributed by atoms with E-state index in [2.05, 4.69) is 10.1 Å². The lowest BCUT2D eigenvalue weighted by molar-refractivity contribution is -0.389. The molecule has 0 aliphatic heterocycles. The Morgan fingerprint density at radius 3 is 2.88 bits per heavy atom. The quantitative estimate of drug-likeness (QED) is 0.465. The zero-order valence-corrected chi connectivity index (χ0v) is 8.83. The maximum absolute atomic E-state index is 10.4. The highest BCUT2D eigenvalue weighted by Crippen LogP contribution is 2.09. The Morgan fingerprint density at radius 2 is 2.25 bits per heavy atom. The number of hydrogen-bond donors (Lipinski definition) is 0. The highest BCUT2D eigenvalue weighted by molar-refractivity contribution is 6.29. The van der Waals surface area contributed by atoms with Crippen molar-refractivity contribution < 1.29 is 4.92 Å². The van der Waals surface area contributed by atoms with Gasteiger partial charge in [0.1, 0.15) is 11.7 Å². The molecule has 16 heavy (non-hydrogen) atoms. The average Bonchev–Trinajstić information content (AvgIpc) is 2.66. The number of pyridine rings is 1. The number of aromatic nitrogens is 3. The summed E-state index contributed by atoms with van der Waals surface area (Å²) in [6.07, 6.45) is 1.53. The third kappa shape index (κ3) is 2.34. The summed E-state index contributed by atoms with van der Waals surface area (Å²) in [6, 6.07) is 6.54. The summed E-state index contributed by atoms with van der Waals surface area (Å²) in [6.45, 7) is 0.356. The van der Waals surface area contributed by atoms with Crippen LogP contribution in [0.25, 0.3) is 0 Å². The number of hydrogen-bond acceptors (Lipinski definition) is 4. The molecule has 2 aromatic heterocycles. The molecule has 2 aromatic rings. The van der Waals surface area contributed by atoms with E-state index < -0.39 is 4.92 Å². The van der Waals surface area contributed by atoms with E-state index in [9.17, 15) is 10.1 Å². The second-order valence-corrected chi connectivity index (χ2v) is 3.47. The van der Waals surface area contributed by atoms with Gasteiger partial charge in [-0.25, -0.2) is 4.98 Å². The fraction of sp³-hybridized carbons (Fsp3) is 0.111. The van der Waals surface area contributed by atoms with Gasteiger partial charge in [0.2, 0.25) is 0 Å². The third-order valence-electron chi connectivity index (χ3n) is 1.91. The summed E-state index contributed by atoms with van der Waals surface area (Å²) in [7, 11) is 0. The van der Waals surface area contributed by atoms with E-state index in [1.807, 2.05) is 0 Å². The van der Waals surface area contributed by atoms with Gasteiger partial charge in [0.25, 0.3) is 0 Å². The van der Waals surface area contributed by atoms with Crippen molar-refractivity contribution in [3.8, 4) is 0 Å². The summed E-state index contributed by atoms with van der Waals surface area (Å²) < 4.78 is 1.44. The Hall–Kier alpha value is -1.95. The molecule has 0 aromatic carbocycles. The van der Waals surface area contributed by atoms with Crippen LogP contribution in [0, 0.1) is 10.1 Å². The molecule has 0 radical (unpaired) electrons. The predicted octanol–water partition coefficient (Wildman–Crippen LogP) is 1.89. The molecule has 6 nitrogen and oxygen atoms in total. The maximum atomic E-state index is 10.4. The highest BCUT2D eigenvalue weighted by Gasteiger charge is 2.11. The van der Waals surface area contributed by atoms with Gasteiger partial charge in [-0.05, 0) is 17.1 Å². The van der Waals surface area contributed by atoms with Crippen LogP contribution in [-0.2, 0) is 6.54 Å². The molecular weight excluding hydrogens is 232 g/mol. The molecule has 0 saturated carbocycles. The monoisotopic (exact) mass is 238 g/mol. The van der Waals surface area contributed by atoms with E-state index in [4.69, 9.17) is 11.6 Å². The maximum Gasteiger partial charge on any atom is 0.389 e. The van der Waals surface area contributed by atoms with Gasteiger partial charge in [-0.1, -0.05) is 17.7 Å². The molecule has 0 aliphatic rings. The van der Waals surface area contributed by atoms with Crippen molar-refractivity contribution in [1.82, 2.24) is 14.8 Å². The molecule has 2 heterocycles. The van der Waals surface area contributed by atoms with Crippen molar-refractivity contribution in [2.75, 3.05) is 0 Å². The predicted molar refractivity (Wildman–Crippen MR) is 57.2 cm³/mol. The van der Waals surface area contributed by atoms with E-state index in [-0.39, 0.29) is 5.82 Å². The van der Waals surface area contributed by atoms with E-state index in [0.29, 0.717) is 17.4 Å². The molecule has 0 spiro atoms. The minimum Gasteiger partial charge on any atom is -0.358 e. The van der Waals surface area contributed by atoms with Crippen molar-refractivity contribution in [3.05, 3.63) is 51.4 Å². The number of halogens is 1. The second kappa shape index (κ2) is 4.28. The fourth-order valence-corrected chi connectivity index (χ4v) is 1.42. The van der Waals surface area contributed by atoms with Crippen molar-refractivity contribution in [2.24, 2.45) is 0 Å². The van der Waals surface area contributed by atoms with E-state index in [1.165, 1.54) is 16.9 Å². The van der Waals surface area contributed by atoms with Crippen LogP contribution in [0.4, 0.5) is 5.82 Å². The number of rotatable bonds is 3. The van der Waals surface area contributed by atoms with Crippen LogP contribution in [0.1, 0.15) is 5.69 Å². The Bertz CT molecular complexity index is 526. The van der Waals surface area contributed by atoms with E-state index >= 15 is 0 Å². The van der Waals surface area contributed by atoms with Crippen molar-refractivity contribution >= 4 is 17.4 Å². The summed E-state index contributed by atoms with van der Waals surface area (Å²) in [5.41, 5.74) is 0.700. The zero-order valence-electron chi connectivity index (χ0n) is 8.08. The van der Waals surface area contributed by atoms with Gasteiger partial charge in [0, 0.05) is 0 Å². The lowest BCUT2D eigenvalue weighted by Crippen LogP contribution is -2.03. The Balaban J connectivity index is 2.17. The van der Waals surface area contributed by atoms with Crippen LogP contribution in [0.5, 0.6) is 0 Å². The SMILES string of the molecule is O=[N+]([O-])c1ccn(Cc2cccc(Cl)n2)n1. The first-order chi connectivity index (χ1) is 7.65. The number of nitro groups is 1. The van der Waals surface area contributed by atoms with Crippen LogP contribution >= 0.6 is 11.6 Å². The highest BCUT2D eigenvalue weighted by atomic mass is 35.5. The van der Waals surface area contributed by atoms with E-state index in [1.54, 1.807) is 18.2 Å². The topological polar surface area (TPSA) is 73.8 Å². The van der Waals surface area contributed by atoms with Crippen molar-refractivity contribution in [2.45, 2.75) is 6.54 Å². The average molecular weight is 239 g/mol. The molecule has 0 atom stereocenters. The molecule has 0 bridgehead atoms. The van der Waals surface area contributed by atoms with Gasteiger partial charge in [-0.3, -0.25) is 0 Å². The third-order valence-corrected chi connectivity index (χ3v) is 2.12.